The normalized spacial score (nSPS) is 9.73. The molecule has 0 spiro atoms. The third-order valence-corrected chi connectivity index (χ3v) is 2.14. The maximum atomic E-state index is 8.76. The lowest BCUT2D eigenvalue weighted by molar-refractivity contribution is 0.722. The first-order valence-electron chi connectivity index (χ1n) is 4.92. The molecular weight excluding hydrogens is 186 g/mol. The van der Waals surface area contributed by atoms with Crippen molar-refractivity contribution >= 4 is 5.69 Å². The largest absolute Gasteiger partial charge is 0.365 e. The van der Waals surface area contributed by atoms with E-state index in [0.717, 1.165) is 12.2 Å². The molecule has 3 heteroatoms. The molecule has 1 rings (SSSR count). The molecular formula is C12H15N3. The zero-order chi connectivity index (χ0) is 11.3. The highest BCUT2D eigenvalue weighted by Crippen LogP contribution is 2.16. The summed E-state index contributed by atoms with van der Waals surface area (Å²) in [6, 6.07) is 6.11. The highest BCUT2D eigenvalue weighted by atomic mass is 15.1. The lowest BCUT2D eigenvalue weighted by Gasteiger charge is -2.27. The Balaban J connectivity index is 3.00. The first kappa shape index (κ1) is 11.3. The van der Waals surface area contributed by atoms with Crippen LogP contribution < -0.4 is 4.90 Å². The molecule has 0 atom stereocenters. The van der Waals surface area contributed by atoms with E-state index in [2.05, 4.69) is 30.3 Å². The summed E-state index contributed by atoms with van der Waals surface area (Å²) >= 11 is 0. The van der Waals surface area contributed by atoms with E-state index in [0.29, 0.717) is 11.7 Å². The molecule has 15 heavy (non-hydrogen) atoms. The van der Waals surface area contributed by atoms with Gasteiger partial charge in [-0.1, -0.05) is 6.08 Å². The Hall–Kier alpha value is -1.82. The Morgan fingerprint density at radius 1 is 1.67 bits per heavy atom. The van der Waals surface area contributed by atoms with Gasteiger partial charge < -0.3 is 4.90 Å². The fourth-order valence-electron chi connectivity index (χ4n) is 1.41. The maximum Gasteiger partial charge on any atom is 0.142 e. The fraction of sp³-hybridized carbons (Fsp3) is 0.333. The SMILES string of the molecule is C=CCN(c1ccnc(C#N)c1)C(C)C. The van der Waals surface area contributed by atoms with Gasteiger partial charge in [0.1, 0.15) is 11.8 Å². The molecule has 0 saturated heterocycles. The van der Waals surface area contributed by atoms with Crippen molar-refractivity contribution < 1.29 is 0 Å². The van der Waals surface area contributed by atoms with Crippen LogP contribution in [0.1, 0.15) is 19.5 Å². The molecule has 1 heterocycles. The summed E-state index contributed by atoms with van der Waals surface area (Å²) in [5.74, 6) is 0. The van der Waals surface area contributed by atoms with E-state index >= 15 is 0 Å². The second-order valence-corrected chi connectivity index (χ2v) is 3.55. The summed E-state index contributed by atoms with van der Waals surface area (Å²) in [6.07, 6.45) is 3.51. The molecule has 1 aromatic rings. The van der Waals surface area contributed by atoms with Gasteiger partial charge in [-0.3, -0.25) is 0 Å². The minimum Gasteiger partial charge on any atom is -0.365 e. The summed E-state index contributed by atoms with van der Waals surface area (Å²) < 4.78 is 0. The molecule has 3 nitrogen and oxygen atoms in total. The van der Waals surface area contributed by atoms with Crippen molar-refractivity contribution in [2.75, 3.05) is 11.4 Å². The zero-order valence-corrected chi connectivity index (χ0v) is 9.14. The van der Waals surface area contributed by atoms with E-state index in [4.69, 9.17) is 5.26 Å². The molecule has 0 amide bonds. The number of nitrogens with zero attached hydrogens (tertiary/aromatic N) is 3. The average molecular weight is 201 g/mol. The van der Waals surface area contributed by atoms with Gasteiger partial charge in [-0.05, 0) is 26.0 Å². The van der Waals surface area contributed by atoms with Gasteiger partial charge in [0.15, 0.2) is 0 Å². The Bertz CT molecular complexity index is 377. The summed E-state index contributed by atoms with van der Waals surface area (Å²) in [5, 5.41) is 8.76. The van der Waals surface area contributed by atoms with Crippen LogP contribution in [0.5, 0.6) is 0 Å². The first-order valence-corrected chi connectivity index (χ1v) is 4.92. The lowest BCUT2D eigenvalue weighted by atomic mass is 10.2. The van der Waals surface area contributed by atoms with Gasteiger partial charge in [0.2, 0.25) is 0 Å². The number of anilines is 1. The van der Waals surface area contributed by atoms with Crippen molar-refractivity contribution in [1.29, 1.82) is 5.26 Å². The number of aromatic nitrogens is 1. The summed E-state index contributed by atoms with van der Waals surface area (Å²) in [5.41, 5.74) is 1.46. The number of hydrogen-bond acceptors (Lipinski definition) is 3. The predicted molar refractivity (Wildman–Crippen MR) is 61.6 cm³/mol. The Kier molecular flexibility index (Phi) is 3.87. The summed E-state index contributed by atoms with van der Waals surface area (Å²) in [6.45, 7) is 8.71. The van der Waals surface area contributed by atoms with E-state index in [9.17, 15) is 0 Å². The molecule has 0 bridgehead atoms. The summed E-state index contributed by atoms with van der Waals surface area (Å²) in [7, 11) is 0. The molecule has 0 unspecified atom stereocenters. The van der Waals surface area contributed by atoms with Crippen LogP contribution in [-0.2, 0) is 0 Å². The number of rotatable bonds is 4. The standard InChI is InChI=1S/C12H15N3/c1-4-7-15(10(2)3)12-5-6-14-11(8-12)9-13/h4-6,8,10H,1,7H2,2-3H3. The van der Waals surface area contributed by atoms with Gasteiger partial charge >= 0.3 is 0 Å². The van der Waals surface area contributed by atoms with E-state index in [-0.39, 0.29) is 0 Å². The van der Waals surface area contributed by atoms with Crippen LogP contribution in [0, 0.1) is 11.3 Å². The zero-order valence-electron chi connectivity index (χ0n) is 9.14. The molecule has 0 aliphatic rings. The van der Waals surface area contributed by atoms with Crippen molar-refractivity contribution in [3.63, 3.8) is 0 Å². The quantitative estimate of drug-likeness (QED) is 0.702. The first-order chi connectivity index (χ1) is 7.19. The number of pyridine rings is 1. The van der Waals surface area contributed by atoms with Crippen LogP contribution in [0.2, 0.25) is 0 Å². The third kappa shape index (κ3) is 2.81. The molecule has 1 aromatic heterocycles. The Morgan fingerprint density at radius 2 is 2.40 bits per heavy atom. The Morgan fingerprint density at radius 3 is 2.93 bits per heavy atom. The third-order valence-electron chi connectivity index (χ3n) is 2.14. The van der Waals surface area contributed by atoms with Crippen LogP contribution in [0.15, 0.2) is 31.0 Å². The van der Waals surface area contributed by atoms with Crippen LogP contribution in [-0.4, -0.2) is 17.6 Å². The van der Waals surface area contributed by atoms with Crippen molar-refractivity contribution in [2.24, 2.45) is 0 Å². The molecule has 0 saturated carbocycles. The second kappa shape index (κ2) is 5.16. The lowest BCUT2D eigenvalue weighted by Crippen LogP contribution is -2.30. The van der Waals surface area contributed by atoms with Crippen molar-refractivity contribution in [1.82, 2.24) is 4.98 Å². The molecule has 0 N–H and O–H groups in total. The van der Waals surface area contributed by atoms with Gasteiger partial charge in [0, 0.05) is 24.5 Å². The fourth-order valence-corrected chi connectivity index (χ4v) is 1.41. The van der Waals surface area contributed by atoms with Crippen LogP contribution in [0.25, 0.3) is 0 Å². The van der Waals surface area contributed by atoms with Gasteiger partial charge in [0.25, 0.3) is 0 Å². The maximum absolute atomic E-state index is 8.76. The minimum absolute atomic E-state index is 0.372. The minimum atomic E-state index is 0.372. The van der Waals surface area contributed by atoms with Crippen LogP contribution in [0.3, 0.4) is 0 Å². The van der Waals surface area contributed by atoms with E-state index < -0.39 is 0 Å². The molecule has 78 valence electrons. The van der Waals surface area contributed by atoms with Gasteiger partial charge in [0.05, 0.1) is 0 Å². The molecule has 0 fully saturated rings. The monoisotopic (exact) mass is 201 g/mol. The molecule has 0 aromatic carbocycles. The summed E-state index contributed by atoms with van der Waals surface area (Å²) in [4.78, 5) is 6.11. The Labute approximate surface area is 90.7 Å². The van der Waals surface area contributed by atoms with E-state index in [1.54, 1.807) is 12.3 Å². The smallest absolute Gasteiger partial charge is 0.142 e. The number of hydrogen-bond donors (Lipinski definition) is 0. The van der Waals surface area contributed by atoms with Crippen LogP contribution in [0.4, 0.5) is 5.69 Å². The predicted octanol–water partition coefficient (Wildman–Crippen LogP) is 2.35. The topological polar surface area (TPSA) is 39.9 Å². The molecule has 0 radical (unpaired) electrons. The van der Waals surface area contributed by atoms with Crippen LogP contribution >= 0.6 is 0 Å². The van der Waals surface area contributed by atoms with Crippen molar-refractivity contribution in [2.45, 2.75) is 19.9 Å². The van der Waals surface area contributed by atoms with E-state index in [1.165, 1.54) is 0 Å². The van der Waals surface area contributed by atoms with Crippen molar-refractivity contribution in [3.8, 4) is 6.07 Å². The second-order valence-electron chi connectivity index (χ2n) is 3.55. The van der Waals surface area contributed by atoms with Gasteiger partial charge in [-0.25, -0.2) is 4.98 Å². The highest BCUT2D eigenvalue weighted by Gasteiger charge is 2.09. The molecule has 0 aliphatic carbocycles. The van der Waals surface area contributed by atoms with Crippen molar-refractivity contribution in [3.05, 3.63) is 36.7 Å². The molecule has 0 aliphatic heterocycles. The van der Waals surface area contributed by atoms with Gasteiger partial charge in [-0.15, -0.1) is 6.58 Å². The average Bonchev–Trinajstić information content (AvgIpc) is 2.25. The number of nitriles is 1. The highest BCUT2D eigenvalue weighted by molar-refractivity contribution is 5.49. The van der Waals surface area contributed by atoms with Gasteiger partial charge in [-0.2, -0.15) is 5.26 Å². The van der Waals surface area contributed by atoms with E-state index in [1.807, 2.05) is 18.2 Å².